The maximum Gasteiger partial charge on any atom is 0.338 e. The molecule has 2 aromatic carbocycles. The number of nitrogens with one attached hydrogen (secondary N) is 2. The number of urea groups is 1. The van der Waals surface area contributed by atoms with E-state index < -0.39 is 18.0 Å². The molecule has 1 atom stereocenters. The molecule has 2 amide bonds. The van der Waals surface area contributed by atoms with Crippen molar-refractivity contribution in [3.05, 3.63) is 63.6 Å². The van der Waals surface area contributed by atoms with E-state index in [1.54, 1.807) is 19.1 Å². The maximum absolute atomic E-state index is 12.9. The van der Waals surface area contributed by atoms with Crippen LogP contribution in [-0.4, -0.2) is 32.3 Å². The number of benzene rings is 2. The third-order valence-electron chi connectivity index (χ3n) is 4.50. The van der Waals surface area contributed by atoms with Crippen LogP contribution < -0.4 is 20.1 Å². The number of carbonyl (C=O) groups excluding carboxylic acids is 2. The van der Waals surface area contributed by atoms with Gasteiger partial charge < -0.3 is 24.8 Å². The first-order chi connectivity index (χ1) is 14.5. The van der Waals surface area contributed by atoms with E-state index in [0.29, 0.717) is 45.0 Å². The molecule has 0 aliphatic carbocycles. The van der Waals surface area contributed by atoms with E-state index in [1.165, 1.54) is 7.11 Å². The van der Waals surface area contributed by atoms with Crippen LogP contribution in [-0.2, 0) is 9.53 Å². The Kier molecular flexibility index (Phi) is 6.99. The normalized spacial score (nSPS) is 15.9. The molecule has 158 valence electrons. The van der Waals surface area contributed by atoms with Crippen LogP contribution in [0.5, 0.6) is 11.5 Å². The Morgan fingerprint density at radius 2 is 1.87 bits per heavy atom. The third-order valence-corrected chi connectivity index (χ3v) is 5.09. The van der Waals surface area contributed by atoms with Crippen LogP contribution in [0, 0.1) is 0 Å². The monoisotopic (exact) mass is 474 g/mol. The summed E-state index contributed by atoms with van der Waals surface area (Å²) in [5.41, 5.74) is 2.07. The molecule has 1 unspecified atom stereocenters. The van der Waals surface area contributed by atoms with Crippen molar-refractivity contribution in [1.29, 1.82) is 0 Å². The Morgan fingerprint density at radius 3 is 2.50 bits per heavy atom. The molecule has 7 nitrogen and oxygen atoms in total. The van der Waals surface area contributed by atoms with Crippen LogP contribution in [0.4, 0.5) is 4.79 Å². The number of amides is 2. The largest absolute Gasteiger partial charge is 0.493 e. The maximum atomic E-state index is 12.9. The van der Waals surface area contributed by atoms with Crippen LogP contribution in [0.3, 0.4) is 0 Å². The van der Waals surface area contributed by atoms with Gasteiger partial charge in [0.05, 0.1) is 42.1 Å². The molecule has 0 aromatic heterocycles. The number of halogens is 1. The van der Waals surface area contributed by atoms with Crippen LogP contribution in [0.2, 0.25) is 0 Å². The fourth-order valence-corrected chi connectivity index (χ4v) is 3.84. The first-order valence-electron chi connectivity index (χ1n) is 9.54. The van der Waals surface area contributed by atoms with Crippen LogP contribution in [0.25, 0.3) is 5.70 Å². The van der Waals surface area contributed by atoms with Crippen molar-refractivity contribution in [3.8, 4) is 11.5 Å². The van der Waals surface area contributed by atoms with Gasteiger partial charge >= 0.3 is 12.0 Å². The van der Waals surface area contributed by atoms with E-state index in [4.69, 9.17) is 14.2 Å². The summed E-state index contributed by atoms with van der Waals surface area (Å²) in [6.07, 6.45) is 0. The lowest BCUT2D eigenvalue weighted by atomic mass is 9.92. The highest BCUT2D eigenvalue weighted by Crippen LogP contribution is 2.41. The van der Waals surface area contributed by atoms with Gasteiger partial charge in [0.1, 0.15) is 0 Å². The van der Waals surface area contributed by atoms with Crippen molar-refractivity contribution < 1.29 is 23.8 Å². The van der Waals surface area contributed by atoms with Gasteiger partial charge in [0.25, 0.3) is 0 Å². The van der Waals surface area contributed by atoms with Crippen LogP contribution in [0.15, 0.2) is 52.5 Å². The van der Waals surface area contributed by atoms with Crippen molar-refractivity contribution in [1.82, 2.24) is 10.6 Å². The Balaban J connectivity index is 2.20. The average Bonchev–Trinajstić information content (AvgIpc) is 2.75. The summed E-state index contributed by atoms with van der Waals surface area (Å²) in [7, 11) is 1.53. The quantitative estimate of drug-likeness (QED) is 0.587. The van der Waals surface area contributed by atoms with E-state index >= 15 is 0 Å². The molecule has 1 aliphatic rings. The number of ether oxygens (including phenoxy) is 3. The summed E-state index contributed by atoms with van der Waals surface area (Å²) in [5.74, 6) is 0.519. The third kappa shape index (κ3) is 4.43. The number of carbonyl (C=O) groups is 2. The van der Waals surface area contributed by atoms with E-state index in [2.05, 4.69) is 26.6 Å². The standard InChI is InChI=1S/C22H23BrN2O5/c1-4-29-20-15(23)11-14(12-16(20)28-3)19-17(21(26)30-5-2)18(24-22(27)25-19)13-9-7-6-8-10-13/h6-12,19H,4-5H2,1-3H3,(H2,24,25,27). The molecule has 1 aliphatic heterocycles. The predicted molar refractivity (Wildman–Crippen MR) is 116 cm³/mol. The topological polar surface area (TPSA) is 85.9 Å². The molecule has 2 aromatic rings. The lowest BCUT2D eigenvalue weighted by Gasteiger charge is -2.30. The highest BCUT2D eigenvalue weighted by molar-refractivity contribution is 9.10. The van der Waals surface area contributed by atoms with Gasteiger partial charge in [0.15, 0.2) is 11.5 Å². The zero-order chi connectivity index (χ0) is 21.7. The number of esters is 1. The fraction of sp³-hybridized carbons (Fsp3) is 0.273. The van der Waals surface area contributed by atoms with Gasteiger partial charge in [-0.25, -0.2) is 9.59 Å². The smallest absolute Gasteiger partial charge is 0.338 e. The van der Waals surface area contributed by atoms with E-state index in [0.717, 1.165) is 0 Å². The molecule has 0 saturated carbocycles. The van der Waals surface area contributed by atoms with Crippen molar-refractivity contribution in [2.45, 2.75) is 19.9 Å². The summed E-state index contributed by atoms with van der Waals surface area (Å²) >= 11 is 3.50. The zero-order valence-corrected chi connectivity index (χ0v) is 18.5. The molecule has 0 bridgehead atoms. The molecule has 8 heteroatoms. The second-order valence-corrected chi connectivity index (χ2v) is 7.23. The molecule has 30 heavy (non-hydrogen) atoms. The van der Waals surface area contributed by atoms with Crippen molar-refractivity contribution in [2.24, 2.45) is 0 Å². The molecule has 0 saturated heterocycles. The molecule has 0 fully saturated rings. The minimum atomic E-state index is -0.742. The molecular formula is C22H23BrN2O5. The van der Waals surface area contributed by atoms with Gasteiger partial charge in [-0.2, -0.15) is 0 Å². The number of methoxy groups -OCH3 is 1. The van der Waals surface area contributed by atoms with E-state index in [1.807, 2.05) is 37.3 Å². The van der Waals surface area contributed by atoms with Crippen molar-refractivity contribution in [2.75, 3.05) is 20.3 Å². The van der Waals surface area contributed by atoms with Crippen LogP contribution in [0.1, 0.15) is 31.0 Å². The Bertz CT molecular complexity index is 975. The summed E-state index contributed by atoms with van der Waals surface area (Å²) in [5, 5.41) is 5.58. The summed E-state index contributed by atoms with van der Waals surface area (Å²) in [6, 6.07) is 11.6. The Morgan fingerprint density at radius 1 is 1.13 bits per heavy atom. The van der Waals surface area contributed by atoms with Crippen LogP contribution >= 0.6 is 15.9 Å². The number of rotatable bonds is 7. The number of hydrogen-bond acceptors (Lipinski definition) is 5. The molecule has 0 spiro atoms. The lowest BCUT2D eigenvalue weighted by molar-refractivity contribution is -0.138. The first-order valence-corrected chi connectivity index (χ1v) is 10.3. The van der Waals surface area contributed by atoms with Crippen molar-refractivity contribution in [3.63, 3.8) is 0 Å². The molecular weight excluding hydrogens is 452 g/mol. The van der Waals surface area contributed by atoms with E-state index in [9.17, 15) is 9.59 Å². The Hall–Kier alpha value is -3.00. The lowest BCUT2D eigenvalue weighted by Crippen LogP contribution is -2.45. The summed E-state index contributed by atoms with van der Waals surface area (Å²) in [6.45, 7) is 4.29. The Labute approximate surface area is 183 Å². The van der Waals surface area contributed by atoms with Gasteiger partial charge in [0.2, 0.25) is 0 Å². The minimum absolute atomic E-state index is 0.210. The van der Waals surface area contributed by atoms with Crippen molar-refractivity contribution >= 4 is 33.6 Å². The fourth-order valence-electron chi connectivity index (χ4n) is 3.27. The first kappa shape index (κ1) is 21.7. The zero-order valence-electron chi connectivity index (χ0n) is 17.0. The van der Waals surface area contributed by atoms with Gasteiger partial charge in [-0.3, -0.25) is 0 Å². The van der Waals surface area contributed by atoms with Gasteiger partial charge in [-0.1, -0.05) is 30.3 Å². The van der Waals surface area contributed by atoms with E-state index in [-0.39, 0.29) is 6.61 Å². The molecule has 2 N–H and O–H groups in total. The highest BCUT2D eigenvalue weighted by Gasteiger charge is 2.35. The second kappa shape index (κ2) is 9.67. The average molecular weight is 475 g/mol. The highest BCUT2D eigenvalue weighted by atomic mass is 79.9. The van der Waals surface area contributed by atoms with Gasteiger partial charge in [0, 0.05) is 0 Å². The SMILES string of the molecule is CCOC(=O)C1=C(c2ccccc2)NC(=O)NC1c1cc(Br)c(OCC)c(OC)c1. The summed E-state index contributed by atoms with van der Waals surface area (Å²) in [4.78, 5) is 25.4. The summed E-state index contributed by atoms with van der Waals surface area (Å²) < 4.78 is 17.1. The minimum Gasteiger partial charge on any atom is -0.493 e. The predicted octanol–water partition coefficient (Wildman–Crippen LogP) is 4.18. The molecule has 1 heterocycles. The van der Waals surface area contributed by atoms with Gasteiger partial charge in [-0.05, 0) is 53.0 Å². The van der Waals surface area contributed by atoms with Gasteiger partial charge in [-0.15, -0.1) is 0 Å². The second-order valence-electron chi connectivity index (χ2n) is 6.37. The molecule has 3 rings (SSSR count). The molecule has 0 radical (unpaired) electrons. The number of hydrogen-bond donors (Lipinski definition) is 2.